The number of rotatable bonds is 5. The van der Waals surface area contributed by atoms with E-state index in [-0.39, 0.29) is 11.5 Å². The summed E-state index contributed by atoms with van der Waals surface area (Å²) in [7, 11) is 0. The number of benzene rings is 1. The highest BCUT2D eigenvalue weighted by molar-refractivity contribution is 5.90. The monoisotopic (exact) mass is 464 g/mol. The predicted molar refractivity (Wildman–Crippen MR) is 130 cm³/mol. The third-order valence-corrected chi connectivity index (χ3v) is 6.47. The van der Waals surface area contributed by atoms with Crippen LogP contribution in [0.4, 0.5) is 23.1 Å². The number of hydrogen-bond acceptors (Lipinski definition) is 9. The van der Waals surface area contributed by atoms with E-state index in [1.165, 1.54) is 0 Å². The Balaban J connectivity index is 1.39. The molecule has 0 amide bonds. The fourth-order valence-corrected chi connectivity index (χ4v) is 4.55. The van der Waals surface area contributed by atoms with Gasteiger partial charge in [0, 0.05) is 44.1 Å². The Morgan fingerprint density at radius 2 is 1.82 bits per heavy atom. The van der Waals surface area contributed by atoms with Crippen molar-refractivity contribution in [2.24, 2.45) is 5.92 Å². The molecule has 0 atom stereocenters. The molecule has 4 heterocycles. The molecule has 1 aromatic carbocycles. The van der Waals surface area contributed by atoms with E-state index in [9.17, 15) is 14.7 Å². The van der Waals surface area contributed by atoms with E-state index in [0.29, 0.717) is 35.5 Å². The Labute approximate surface area is 196 Å². The van der Waals surface area contributed by atoms with Gasteiger partial charge in [-0.3, -0.25) is 9.59 Å². The average Bonchev–Trinajstić information content (AvgIpc) is 3.14. The van der Waals surface area contributed by atoms with Crippen LogP contribution in [0.25, 0.3) is 10.9 Å². The number of aromatic nitrogens is 4. The summed E-state index contributed by atoms with van der Waals surface area (Å²) in [4.78, 5) is 37.4. The van der Waals surface area contributed by atoms with Gasteiger partial charge in [0.1, 0.15) is 16.7 Å². The van der Waals surface area contributed by atoms with E-state index < -0.39 is 5.97 Å². The van der Waals surface area contributed by atoms with Gasteiger partial charge in [-0.2, -0.15) is 10.1 Å². The highest BCUT2D eigenvalue weighted by Crippen LogP contribution is 2.27. The average molecular weight is 465 g/mol. The van der Waals surface area contributed by atoms with Gasteiger partial charge >= 0.3 is 5.97 Å². The summed E-state index contributed by atoms with van der Waals surface area (Å²) in [6, 6.07) is 7.88. The van der Waals surface area contributed by atoms with Crippen molar-refractivity contribution in [1.82, 2.24) is 25.5 Å². The van der Waals surface area contributed by atoms with Gasteiger partial charge in [-0.25, -0.2) is 10.1 Å². The quantitative estimate of drug-likeness (QED) is 0.440. The van der Waals surface area contributed by atoms with Crippen molar-refractivity contribution < 1.29 is 9.90 Å². The summed E-state index contributed by atoms with van der Waals surface area (Å²) in [5.74, 6) is 0.0437. The molecule has 0 aliphatic carbocycles. The molecule has 0 unspecified atom stereocenters. The maximum absolute atomic E-state index is 12.6. The molecule has 11 heteroatoms. The molecule has 2 aliphatic heterocycles. The summed E-state index contributed by atoms with van der Waals surface area (Å²) in [6.07, 6.45) is 3.83. The molecule has 2 saturated heterocycles. The first-order valence-electron chi connectivity index (χ1n) is 11.6. The van der Waals surface area contributed by atoms with Crippen molar-refractivity contribution in [2.75, 3.05) is 54.4 Å². The number of carboxylic acid groups (broad SMARTS) is 1. The first-order chi connectivity index (χ1) is 16.6. The molecule has 0 spiro atoms. The van der Waals surface area contributed by atoms with Crippen molar-refractivity contribution in [1.29, 1.82) is 0 Å². The second kappa shape index (κ2) is 9.64. The maximum Gasteiger partial charge on any atom is 0.306 e. The fourth-order valence-electron chi connectivity index (χ4n) is 4.55. The molecule has 0 saturated carbocycles. The largest absolute Gasteiger partial charge is 0.481 e. The SMILES string of the molecule is O=C(O)C1CCN(c2ccc(Nc3nc(N4CCCNCC4)nc4cn[nH]c(=O)c34)cc2)CC1. The van der Waals surface area contributed by atoms with Crippen molar-refractivity contribution in [2.45, 2.75) is 19.3 Å². The summed E-state index contributed by atoms with van der Waals surface area (Å²) in [6.45, 7) is 4.86. The van der Waals surface area contributed by atoms with Crippen molar-refractivity contribution >= 4 is 40.0 Å². The van der Waals surface area contributed by atoms with Crippen LogP contribution in [0.15, 0.2) is 35.3 Å². The number of piperidine rings is 1. The smallest absolute Gasteiger partial charge is 0.306 e. The number of aliphatic carboxylic acids is 1. The Kier molecular flexibility index (Phi) is 6.26. The van der Waals surface area contributed by atoms with Crippen LogP contribution in [0.3, 0.4) is 0 Å². The molecule has 34 heavy (non-hydrogen) atoms. The molecule has 4 N–H and O–H groups in total. The van der Waals surface area contributed by atoms with Gasteiger partial charge in [0.15, 0.2) is 0 Å². The van der Waals surface area contributed by atoms with E-state index in [1.54, 1.807) is 6.20 Å². The number of anilines is 4. The number of carbonyl (C=O) groups is 1. The van der Waals surface area contributed by atoms with Gasteiger partial charge in [-0.15, -0.1) is 0 Å². The van der Waals surface area contributed by atoms with E-state index in [0.717, 1.165) is 57.1 Å². The molecule has 3 aromatic rings. The van der Waals surface area contributed by atoms with Gasteiger partial charge in [0.25, 0.3) is 5.56 Å². The lowest BCUT2D eigenvalue weighted by atomic mass is 9.97. The Morgan fingerprint density at radius 1 is 1.03 bits per heavy atom. The number of H-pyrrole nitrogens is 1. The van der Waals surface area contributed by atoms with Gasteiger partial charge < -0.3 is 25.5 Å². The maximum atomic E-state index is 12.6. The topological polar surface area (TPSA) is 139 Å². The minimum absolute atomic E-state index is 0.259. The number of aromatic amines is 1. The lowest BCUT2D eigenvalue weighted by Gasteiger charge is -2.32. The van der Waals surface area contributed by atoms with Crippen molar-refractivity contribution in [3.05, 3.63) is 40.8 Å². The zero-order valence-electron chi connectivity index (χ0n) is 18.8. The second-order valence-electron chi connectivity index (χ2n) is 8.69. The van der Waals surface area contributed by atoms with E-state index >= 15 is 0 Å². The molecule has 2 fully saturated rings. The van der Waals surface area contributed by atoms with Gasteiger partial charge in [-0.1, -0.05) is 0 Å². The molecule has 2 aromatic heterocycles. The minimum atomic E-state index is -0.711. The fraction of sp³-hybridized carbons (Fsp3) is 0.435. The molecular weight excluding hydrogens is 436 g/mol. The van der Waals surface area contributed by atoms with E-state index in [2.05, 4.69) is 35.6 Å². The minimum Gasteiger partial charge on any atom is -0.481 e. The normalized spacial score (nSPS) is 17.5. The zero-order chi connectivity index (χ0) is 23.5. The van der Waals surface area contributed by atoms with Gasteiger partial charge in [0.05, 0.1) is 12.1 Å². The highest BCUT2D eigenvalue weighted by atomic mass is 16.4. The molecule has 0 bridgehead atoms. The number of nitrogens with zero attached hydrogens (tertiary/aromatic N) is 5. The van der Waals surface area contributed by atoms with Crippen molar-refractivity contribution in [3.63, 3.8) is 0 Å². The highest BCUT2D eigenvalue weighted by Gasteiger charge is 2.24. The van der Waals surface area contributed by atoms with Gasteiger partial charge in [0.2, 0.25) is 5.95 Å². The third-order valence-electron chi connectivity index (χ3n) is 6.47. The third kappa shape index (κ3) is 4.65. The summed E-state index contributed by atoms with van der Waals surface area (Å²) in [5.41, 5.74) is 1.99. The van der Waals surface area contributed by atoms with Gasteiger partial charge in [-0.05, 0) is 50.1 Å². The molecule has 178 valence electrons. The van der Waals surface area contributed by atoms with Crippen LogP contribution in [0.2, 0.25) is 0 Å². The molecule has 5 rings (SSSR count). The summed E-state index contributed by atoms with van der Waals surface area (Å²) in [5, 5.41) is 22.6. The van der Waals surface area contributed by atoms with Crippen molar-refractivity contribution in [3.8, 4) is 0 Å². The van der Waals surface area contributed by atoms with Crippen LogP contribution in [0, 0.1) is 5.92 Å². The van der Waals surface area contributed by atoms with E-state index in [4.69, 9.17) is 4.98 Å². The Bertz CT molecular complexity index is 1210. The number of fused-ring (bicyclic) bond motifs is 1. The lowest BCUT2D eigenvalue weighted by molar-refractivity contribution is -0.142. The Morgan fingerprint density at radius 3 is 2.59 bits per heavy atom. The van der Waals surface area contributed by atoms with Crippen LogP contribution in [0.5, 0.6) is 0 Å². The predicted octanol–water partition coefficient (Wildman–Crippen LogP) is 1.56. The van der Waals surface area contributed by atoms with Crippen LogP contribution >= 0.6 is 0 Å². The van der Waals surface area contributed by atoms with Crippen LogP contribution in [-0.4, -0.2) is 70.5 Å². The number of carboxylic acids is 1. The van der Waals surface area contributed by atoms with Crippen LogP contribution < -0.4 is 26.0 Å². The van der Waals surface area contributed by atoms with E-state index in [1.807, 2.05) is 24.3 Å². The molecule has 0 radical (unpaired) electrons. The molecule has 11 nitrogen and oxygen atoms in total. The Hall–Kier alpha value is -3.73. The molecule has 2 aliphatic rings. The first-order valence-corrected chi connectivity index (χ1v) is 11.6. The molecular formula is C23H28N8O3. The second-order valence-corrected chi connectivity index (χ2v) is 8.69. The lowest BCUT2D eigenvalue weighted by Crippen LogP contribution is -2.36. The van der Waals surface area contributed by atoms with Crippen LogP contribution in [-0.2, 0) is 4.79 Å². The summed E-state index contributed by atoms with van der Waals surface area (Å²) >= 11 is 0. The van der Waals surface area contributed by atoms with Crippen LogP contribution in [0.1, 0.15) is 19.3 Å². The standard InChI is InChI=1S/C23H28N8O3/c32-21-19-18(14-25-29-21)27-23(31-10-1-8-24-9-13-31)28-20(19)26-16-2-4-17(5-3-16)30-11-6-15(7-12-30)22(33)34/h2-5,14-15,24H,1,6-13H2,(H,29,32)(H,33,34)(H,26,27,28). The number of hydrogen-bond donors (Lipinski definition) is 4. The first kappa shape index (κ1) is 22.1. The zero-order valence-corrected chi connectivity index (χ0v) is 18.8. The number of nitrogens with one attached hydrogen (secondary N) is 3. The summed E-state index contributed by atoms with van der Waals surface area (Å²) < 4.78 is 0.